The molecule has 14 heavy (non-hydrogen) atoms. The molecule has 0 aliphatic heterocycles. The van der Waals surface area contributed by atoms with Gasteiger partial charge in [0.05, 0.1) is 0 Å². The molecule has 1 aliphatic carbocycles. The molecule has 1 rings (SSSR count). The van der Waals surface area contributed by atoms with Gasteiger partial charge in [-0.3, -0.25) is 0 Å². The lowest BCUT2D eigenvalue weighted by atomic mass is 9.99. The third-order valence-corrected chi connectivity index (χ3v) is 4.44. The Balaban J connectivity index is 2.45. The highest BCUT2D eigenvalue weighted by atomic mass is 31.1. The average molecular weight is 218 g/mol. The lowest BCUT2D eigenvalue weighted by Gasteiger charge is -2.11. The first-order valence-electron chi connectivity index (χ1n) is 5.56. The van der Waals surface area contributed by atoms with Gasteiger partial charge in [-0.05, 0) is 36.7 Å². The van der Waals surface area contributed by atoms with E-state index >= 15 is 0 Å². The van der Waals surface area contributed by atoms with Crippen molar-refractivity contribution in [3.05, 3.63) is 0 Å². The number of rotatable bonds is 5. The van der Waals surface area contributed by atoms with E-state index in [-0.39, 0.29) is 11.7 Å². The summed E-state index contributed by atoms with van der Waals surface area (Å²) in [4.78, 5) is 9.25. The van der Waals surface area contributed by atoms with E-state index in [1.54, 1.807) is 0 Å². The lowest BCUT2D eigenvalue weighted by Crippen LogP contribution is -2.19. The van der Waals surface area contributed by atoms with Crippen LogP contribution in [0.1, 0.15) is 45.4 Å². The molecule has 0 aromatic carbocycles. The Morgan fingerprint density at radius 2 is 2.29 bits per heavy atom. The summed E-state index contributed by atoms with van der Waals surface area (Å²) in [6, 6.07) is 0.263. The van der Waals surface area contributed by atoms with Gasteiger partial charge >= 0.3 is 8.03 Å². The zero-order valence-corrected chi connectivity index (χ0v) is 9.75. The van der Waals surface area contributed by atoms with Crippen molar-refractivity contribution in [3.8, 4) is 0 Å². The molecular formula is C10H21NO2P+. The lowest BCUT2D eigenvalue weighted by molar-refractivity contribution is 0.417. The number of nitrogens with two attached hydrogens (primary N) is 1. The first kappa shape index (κ1) is 12.1. The van der Waals surface area contributed by atoms with E-state index in [9.17, 15) is 9.46 Å². The Bertz CT molecular complexity index is 199. The van der Waals surface area contributed by atoms with E-state index in [1.165, 1.54) is 0 Å². The fraction of sp³-hybridized carbons (Fsp3) is 1.00. The van der Waals surface area contributed by atoms with Gasteiger partial charge < -0.3 is 5.73 Å². The van der Waals surface area contributed by atoms with Crippen LogP contribution in [0.3, 0.4) is 0 Å². The summed E-state index contributed by atoms with van der Waals surface area (Å²) in [7, 11) is -2.01. The summed E-state index contributed by atoms with van der Waals surface area (Å²) >= 11 is 0. The van der Waals surface area contributed by atoms with Crippen molar-refractivity contribution in [2.75, 3.05) is 0 Å². The molecule has 3 N–H and O–H groups in total. The van der Waals surface area contributed by atoms with Crippen molar-refractivity contribution >= 4 is 8.03 Å². The van der Waals surface area contributed by atoms with Crippen molar-refractivity contribution in [2.45, 2.75) is 57.1 Å². The molecule has 0 aromatic rings. The van der Waals surface area contributed by atoms with Gasteiger partial charge in [0.1, 0.15) is 0 Å². The van der Waals surface area contributed by atoms with E-state index in [4.69, 9.17) is 5.73 Å². The number of hydrogen-bond acceptors (Lipinski definition) is 2. The SMILES string of the molecule is CCCCC(C1CCC(N)C1)[P+](=O)O. The molecule has 4 heteroatoms. The maximum absolute atomic E-state index is 11.2. The van der Waals surface area contributed by atoms with Crippen molar-refractivity contribution in [1.82, 2.24) is 0 Å². The van der Waals surface area contributed by atoms with Gasteiger partial charge in [0.15, 0.2) is 5.66 Å². The topological polar surface area (TPSA) is 63.3 Å². The molecule has 1 fully saturated rings. The average Bonchev–Trinajstić information content (AvgIpc) is 2.52. The Morgan fingerprint density at radius 3 is 2.71 bits per heavy atom. The molecule has 3 nitrogen and oxygen atoms in total. The van der Waals surface area contributed by atoms with Crippen LogP contribution >= 0.6 is 8.03 Å². The van der Waals surface area contributed by atoms with Crippen LogP contribution in [0.15, 0.2) is 0 Å². The molecule has 4 unspecified atom stereocenters. The van der Waals surface area contributed by atoms with Crippen LogP contribution in [0, 0.1) is 5.92 Å². The van der Waals surface area contributed by atoms with Gasteiger partial charge in [-0.2, -0.15) is 4.89 Å². The van der Waals surface area contributed by atoms with Gasteiger partial charge in [0.25, 0.3) is 0 Å². The van der Waals surface area contributed by atoms with E-state index in [0.29, 0.717) is 5.92 Å². The largest absolute Gasteiger partial charge is 0.508 e. The number of unbranched alkanes of at least 4 members (excludes halogenated alkanes) is 1. The van der Waals surface area contributed by atoms with E-state index in [1.807, 2.05) is 0 Å². The monoisotopic (exact) mass is 218 g/mol. The predicted molar refractivity (Wildman–Crippen MR) is 58.5 cm³/mol. The smallest absolute Gasteiger partial charge is 0.328 e. The van der Waals surface area contributed by atoms with Crippen LogP contribution in [0.25, 0.3) is 0 Å². The zero-order chi connectivity index (χ0) is 10.6. The predicted octanol–water partition coefficient (Wildman–Crippen LogP) is 2.41. The maximum Gasteiger partial charge on any atom is 0.508 e. The minimum Gasteiger partial charge on any atom is -0.328 e. The second-order valence-corrected chi connectivity index (χ2v) is 5.61. The Morgan fingerprint density at radius 1 is 1.57 bits per heavy atom. The molecule has 0 bridgehead atoms. The molecule has 0 spiro atoms. The van der Waals surface area contributed by atoms with Crippen LogP contribution in [0.2, 0.25) is 0 Å². The van der Waals surface area contributed by atoms with Crippen molar-refractivity contribution in [3.63, 3.8) is 0 Å². The second kappa shape index (κ2) is 5.79. The van der Waals surface area contributed by atoms with Gasteiger partial charge in [-0.15, -0.1) is 0 Å². The van der Waals surface area contributed by atoms with E-state index in [2.05, 4.69) is 6.92 Å². The van der Waals surface area contributed by atoms with Crippen LogP contribution in [-0.4, -0.2) is 16.6 Å². The molecular weight excluding hydrogens is 197 g/mol. The Labute approximate surface area is 86.9 Å². The number of hydrogen-bond donors (Lipinski definition) is 2. The first-order chi connectivity index (χ1) is 6.65. The second-order valence-electron chi connectivity index (χ2n) is 4.35. The highest BCUT2D eigenvalue weighted by Gasteiger charge is 2.40. The molecule has 0 amide bonds. The normalized spacial score (nSPS) is 30.4. The summed E-state index contributed by atoms with van der Waals surface area (Å²) in [5, 5.41) is 0. The quantitative estimate of drug-likeness (QED) is 0.696. The van der Waals surface area contributed by atoms with Gasteiger partial charge in [-0.1, -0.05) is 13.3 Å². The van der Waals surface area contributed by atoms with Crippen LogP contribution < -0.4 is 5.73 Å². The molecule has 0 aromatic heterocycles. The summed E-state index contributed by atoms with van der Waals surface area (Å²) < 4.78 is 11.2. The standard InChI is InChI=1S/C10H20NO2P/c1-2-3-4-10(14(12)13)8-5-6-9(11)7-8/h8-10H,2-7,11H2,1H3/p+1. The van der Waals surface area contributed by atoms with Crippen molar-refractivity contribution < 1.29 is 9.46 Å². The third-order valence-electron chi connectivity index (χ3n) is 3.20. The Kier molecular flexibility index (Phi) is 5.00. The molecule has 4 atom stereocenters. The van der Waals surface area contributed by atoms with Crippen LogP contribution in [0.4, 0.5) is 0 Å². The molecule has 82 valence electrons. The summed E-state index contributed by atoms with van der Waals surface area (Å²) in [6.45, 7) is 2.11. The maximum atomic E-state index is 11.2. The minimum absolute atomic E-state index is 0.00139. The van der Waals surface area contributed by atoms with E-state index < -0.39 is 8.03 Å². The van der Waals surface area contributed by atoms with Gasteiger partial charge in [0.2, 0.25) is 0 Å². The van der Waals surface area contributed by atoms with E-state index in [0.717, 1.165) is 38.5 Å². The molecule has 1 aliphatic rings. The molecule has 0 heterocycles. The van der Waals surface area contributed by atoms with Gasteiger partial charge in [0, 0.05) is 12.0 Å². The third kappa shape index (κ3) is 3.30. The fourth-order valence-corrected chi connectivity index (χ4v) is 3.38. The van der Waals surface area contributed by atoms with Crippen molar-refractivity contribution in [2.24, 2.45) is 11.7 Å². The van der Waals surface area contributed by atoms with Crippen LogP contribution in [0.5, 0.6) is 0 Å². The summed E-state index contributed by atoms with van der Waals surface area (Å²) in [5.41, 5.74) is 5.81. The summed E-state index contributed by atoms with van der Waals surface area (Å²) in [6.07, 6.45) is 6.04. The van der Waals surface area contributed by atoms with Crippen molar-refractivity contribution in [1.29, 1.82) is 0 Å². The van der Waals surface area contributed by atoms with Crippen LogP contribution in [-0.2, 0) is 4.57 Å². The molecule has 1 saturated carbocycles. The van der Waals surface area contributed by atoms with Gasteiger partial charge in [-0.25, -0.2) is 0 Å². The Hall–Kier alpha value is 0.0200. The zero-order valence-electron chi connectivity index (χ0n) is 8.85. The highest BCUT2D eigenvalue weighted by molar-refractivity contribution is 7.38. The summed E-state index contributed by atoms with van der Waals surface area (Å²) in [5.74, 6) is 0.394. The first-order valence-corrected chi connectivity index (χ1v) is 6.84. The fourth-order valence-electron chi connectivity index (χ4n) is 2.34. The molecule has 0 radical (unpaired) electrons. The highest BCUT2D eigenvalue weighted by Crippen LogP contribution is 2.40. The molecule has 0 saturated heterocycles. The minimum atomic E-state index is -2.01.